The van der Waals surface area contributed by atoms with Crippen molar-refractivity contribution in [2.24, 2.45) is 0 Å². The number of carbonyl (C=O) groups excluding carboxylic acids is 2. The van der Waals surface area contributed by atoms with Crippen LogP contribution < -0.4 is 10.6 Å². The number of carbonyl (C=O) groups is 2. The molecular weight excluding hydrogens is 320 g/mol. The molecule has 0 saturated carbocycles. The Balaban J connectivity index is 2.02. The average molecular weight is 342 g/mol. The van der Waals surface area contributed by atoms with Crippen molar-refractivity contribution in [3.63, 3.8) is 0 Å². The quantitative estimate of drug-likeness (QED) is 0.793. The lowest BCUT2D eigenvalue weighted by Gasteiger charge is -2.14. The van der Waals surface area contributed by atoms with Gasteiger partial charge in [-0.15, -0.1) is 11.8 Å². The first-order valence-corrected chi connectivity index (χ1v) is 8.65. The van der Waals surface area contributed by atoms with Gasteiger partial charge in [0.1, 0.15) is 0 Å². The van der Waals surface area contributed by atoms with Crippen molar-refractivity contribution in [2.75, 3.05) is 10.6 Å². The second-order valence-corrected chi connectivity index (χ2v) is 7.19. The molecule has 4 nitrogen and oxygen atoms in total. The minimum absolute atomic E-state index is 0.0446. The van der Waals surface area contributed by atoms with Gasteiger partial charge in [-0.1, -0.05) is 23.8 Å². The van der Waals surface area contributed by atoms with Crippen LogP contribution in [0.3, 0.4) is 0 Å². The molecule has 0 aliphatic carbocycles. The predicted octanol–water partition coefficient (Wildman–Crippen LogP) is 4.38. The smallest absolute Gasteiger partial charge is 0.237 e. The Labute approximate surface area is 147 Å². The highest BCUT2D eigenvalue weighted by Gasteiger charge is 2.15. The van der Waals surface area contributed by atoms with E-state index < -0.39 is 0 Å². The first kappa shape index (κ1) is 18.1. The molecule has 2 amide bonds. The van der Waals surface area contributed by atoms with Gasteiger partial charge >= 0.3 is 0 Å². The predicted molar refractivity (Wildman–Crippen MR) is 101 cm³/mol. The van der Waals surface area contributed by atoms with Crippen LogP contribution in [-0.2, 0) is 9.59 Å². The van der Waals surface area contributed by atoms with E-state index in [1.807, 2.05) is 63.2 Å². The van der Waals surface area contributed by atoms with Gasteiger partial charge in [-0.3, -0.25) is 9.59 Å². The molecule has 0 aliphatic rings. The summed E-state index contributed by atoms with van der Waals surface area (Å²) in [6.07, 6.45) is 0. The molecule has 2 aromatic rings. The van der Waals surface area contributed by atoms with Gasteiger partial charge in [0.05, 0.1) is 5.25 Å². The van der Waals surface area contributed by atoms with Crippen LogP contribution in [0.1, 0.15) is 25.0 Å². The summed E-state index contributed by atoms with van der Waals surface area (Å²) in [6.45, 7) is 7.35. The molecule has 1 unspecified atom stereocenters. The molecular formula is C19H22N2O2S. The van der Waals surface area contributed by atoms with E-state index in [4.69, 9.17) is 0 Å². The lowest BCUT2D eigenvalue weighted by Crippen LogP contribution is -2.22. The van der Waals surface area contributed by atoms with Crippen LogP contribution in [0.2, 0.25) is 0 Å². The molecule has 0 bridgehead atoms. The second-order valence-electron chi connectivity index (χ2n) is 5.78. The highest BCUT2D eigenvalue weighted by atomic mass is 32.2. The van der Waals surface area contributed by atoms with Crippen LogP contribution in [0.25, 0.3) is 0 Å². The number of benzene rings is 2. The van der Waals surface area contributed by atoms with E-state index >= 15 is 0 Å². The summed E-state index contributed by atoms with van der Waals surface area (Å²) in [7, 11) is 0. The van der Waals surface area contributed by atoms with E-state index in [-0.39, 0.29) is 17.1 Å². The van der Waals surface area contributed by atoms with Crippen LogP contribution in [0, 0.1) is 13.8 Å². The minimum Gasteiger partial charge on any atom is -0.326 e. The first-order valence-electron chi connectivity index (χ1n) is 7.77. The third-order valence-corrected chi connectivity index (χ3v) is 4.57. The van der Waals surface area contributed by atoms with Crippen molar-refractivity contribution >= 4 is 35.0 Å². The lowest BCUT2D eigenvalue weighted by atomic mass is 10.1. The molecule has 0 fully saturated rings. The van der Waals surface area contributed by atoms with Crippen molar-refractivity contribution in [2.45, 2.75) is 37.8 Å². The number of thioether (sulfide) groups is 1. The number of amides is 2. The van der Waals surface area contributed by atoms with E-state index in [2.05, 4.69) is 10.6 Å². The highest BCUT2D eigenvalue weighted by Crippen LogP contribution is 2.27. The van der Waals surface area contributed by atoms with Crippen molar-refractivity contribution in [3.05, 3.63) is 53.6 Å². The Morgan fingerprint density at radius 3 is 2.46 bits per heavy atom. The van der Waals surface area contributed by atoms with Gasteiger partial charge in [0.2, 0.25) is 11.8 Å². The van der Waals surface area contributed by atoms with Gasteiger partial charge in [0, 0.05) is 23.2 Å². The van der Waals surface area contributed by atoms with Gasteiger partial charge in [-0.05, 0) is 50.6 Å². The second kappa shape index (κ2) is 8.02. The fourth-order valence-corrected chi connectivity index (χ4v) is 3.22. The van der Waals surface area contributed by atoms with E-state index in [9.17, 15) is 9.59 Å². The maximum atomic E-state index is 12.4. The zero-order chi connectivity index (χ0) is 17.7. The fraction of sp³-hybridized carbons (Fsp3) is 0.263. The van der Waals surface area contributed by atoms with E-state index in [0.29, 0.717) is 0 Å². The van der Waals surface area contributed by atoms with E-state index in [1.165, 1.54) is 24.2 Å². The van der Waals surface area contributed by atoms with Crippen molar-refractivity contribution in [1.82, 2.24) is 0 Å². The summed E-state index contributed by atoms with van der Waals surface area (Å²) in [6, 6.07) is 13.4. The molecule has 0 aliphatic heterocycles. The fourth-order valence-electron chi connectivity index (χ4n) is 2.30. The number of rotatable bonds is 5. The molecule has 2 N–H and O–H groups in total. The minimum atomic E-state index is -0.252. The Morgan fingerprint density at radius 2 is 1.79 bits per heavy atom. The van der Waals surface area contributed by atoms with Gasteiger partial charge in [0.15, 0.2) is 0 Å². The summed E-state index contributed by atoms with van der Waals surface area (Å²) >= 11 is 1.46. The molecule has 2 rings (SSSR count). The summed E-state index contributed by atoms with van der Waals surface area (Å²) in [4.78, 5) is 24.5. The Morgan fingerprint density at radius 1 is 1.04 bits per heavy atom. The molecule has 24 heavy (non-hydrogen) atoms. The standard InChI is InChI=1S/C19H22N2O2S/c1-12-8-9-18(13(2)10-12)21-19(23)14(3)24-17-7-5-6-16(11-17)20-15(4)22/h5-11,14H,1-4H3,(H,20,22)(H,21,23). The normalized spacial score (nSPS) is 11.7. The zero-order valence-electron chi connectivity index (χ0n) is 14.3. The van der Waals surface area contributed by atoms with Gasteiger partial charge < -0.3 is 10.6 Å². The molecule has 0 saturated heterocycles. The van der Waals surface area contributed by atoms with Crippen molar-refractivity contribution < 1.29 is 9.59 Å². The summed E-state index contributed by atoms with van der Waals surface area (Å²) < 4.78 is 0. The average Bonchev–Trinajstić information content (AvgIpc) is 2.49. The molecule has 126 valence electrons. The van der Waals surface area contributed by atoms with Crippen molar-refractivity contribution in [1.29, 1.82) is 0 Å². The molecule has 0 radical (unpaired) electrons. The van der Waals surface area contributed by atoms with Crippen LogP contribution >= 0.6 is 11.8 Å². The monoisotopic (exact) mass is 342 g/mol. The molecule has 2 aromatic carbocycles. The highest BCUT2D eigenvalue weighted by molar-refractivity contribution is 8.00. The first-order chi connectivity index (χ1) is 11.3. The topological polar surface area (TPSA) is 58.2 Å². The summed E-state index contributed by atoms with van der Waals surface area (Å²) in [5.74, 6) is -0.158. The van der Waals surface area contributed by atoms with Crippen molar-refractivity contribution in [3.8, 4) is 0 Å². The molecule has 1 atom stereocenters. The van der Waals surface area contributed by atoms with E-state index in [0.717, 1.165) is 21.8 Å². The molecule has 5 heteroatoms. The van der Waals surface area contributed by atoms with Crippen LogP contribution in [0.15, 0.2) is 47.4 Å². The molecule has 0 aromatic heterocycles. The molecule has 0 heterocycles. The molecule has 0 spiro atoms. The Hall–Kier alpha value is -2.27. The third kappa shape index (κ3) is 5.13. The summed E-state index contributed by atoms with van der Waals surface area (Å²) in [5.41, 5.74) is 3.79. The van der Waals surface area contributed by atoms with Crippen LogP contribution in [0.5, 0.6) is 0 Å². The van der Waals surface area contributed by atoms with Gasteiger partial charge in [0.25, 0.3) is 0 Å². The number of aryl methyl sites for hydroxylation is 2. The SMILES string of the molecule is CC(=O)Nc1cccc(SC(C)C(=O)Nc2ccc(C)cc2C)c1. The Kier molecular flexibility index (Phi) is 6.04. The maximum absolute atomic E-state index is 12.4. The van der Waals surface area contributed by atoms with E-state index in [1.54, 1.807) is 0 Å². The number of anilines is 2. The van der Waals surface area contributed by atoms with Gasteiger partial charge in [-0.25, -0.2) is 0 Å². The van der Waals surface area contributed by atoms with Crippen LogP contribution in [0.4, 0.5) is 11.4 Å². The lowest BCUT2D eigenvalue weighted by molar-refractivity contribution is -0.115. The number of hydrogen-bond acceptors (Lipinski definition) is 3. The maximum Gasteiger partial charge on any atom is 0.237 e. The van der Waals surface area contributed by atoms with Crippen LogP contribution in [-0.4, -0.2) is 17.1 Å². The summed E-state index contributed by atoms with van der Waals surface area (Å²) in [5, 5.41) is 5.47. The Bertz CT molecular complexity index is 759. The third-order valence-electron chi connectivity index (χ3n) is 3.48. The zero-order valence-corrected chi connectivity index (χ0v) is 15.2. The van der Waals surface area contributed by atoms with Gasteiger partial charge in [-0.2, -0.15) is 0 Å². The largest absolute Gasteiger partial charge is 0.326 e. The number of nitrogens with one attached hydrogen (secondary N) is 2. The number of hydrogen-bond donors (Lipinski definition) is 2.